The molecule has 0 unspecified atom stereocenters. The standard InChI is InChI=1S/C20H18N4O5S2/c1-26-12-6-4-11(5-7-12)24-18(25)13-8-15(27-2)16(28-3)9-14(13)21-19(24)31-10-17-22-23-20(30)29-17/h4-9H,10H2,1-3H3,(H,23,30). The number of ether oxygens (including phenoxy) is 3. The summed E-state index contributed by atoms with van der Waals surface area (Å²) < 4.78 is 22.8. The number of aromatic nitrogens is 4. The predicted molar refractivity (Wildman–Crippen MR) is 118 cm³/mol. The average Bonchev–Trinajstić information content (AvgIpc) is 3.22. The van der Waals surface area contributed by atoms with Crippen LogP contribution in [0.15, 0.2) is 50.8 Å². The van der Waals surface area contributed by atoms with Crippen LogP contribution in [0.5, 0.6) is 17.2 Å². The molecule has 0 aliphatic rings. The number of hydrogen-bond donors (Lipinski definition) is 1. The first-order valence-electron chi connectivity index (χ1n) is 9.04. The summed E-state index contributed by atoms with van der Waals surface area (Å²) in [6, 6.07) is 10.4. The third-order valence-corrected chi connectivity index (χ3v) is 5.58. The first-order chi connectivity index (χ1) is 15.0. The van der Waals surface area contributed by atoms with E-state index in [2.05, 4.69) is 10.2 Å². The van der Waals surface area contributed by atoms with Crippen LogP contribution in [0.25, 0.3) is 16.6 Å². The summed E-state index contributed by atoms with van der Waals surface area (Å²) in [6.07, 6.45) is 0. The number of hydrogen-bond acceptors (Lipinski definition) is 9. The summed E-state index contributed by atoms with van der Waals surface area (Å²) in [6.45, 7) is 0. The van der Waals surface area contributed by atoms with Gasteiger partial charge in [-0.15, -0.1) is 5.10 Å². The van der Waals surface area contributed by atoms with Crippen molar-refractivity contribution in [1.82, 2.24) is 19.7 Å². The molecule has 0 saturated heterocycles. The predicted octanol–water partition coefficient (Wildman–Crippen LogP) is 3.75. The quantitative estimate of drug-likeness (QED) is 0.252. The van der Waals surface area contributed by atoms with Crippen LogP contribution in [0.3, 0.4) is 0 Å². The Kier molecular flexibility index (Phi) is 5.96. The molecule has 9 nitrogen and oxygen atoms in total. The second kappa shape index (κ2) is 8.82. The molecule has 4 aromatic rings. The molecule has 2 aromatic carbocycles. The molecule has 2 aromatic heterocycles. The van der Waals surface area contributed by atoms with Crippen molar-refractivity contribution >= 4 is 34.9 Å². The van der Waals surface area contributed by atoms with Crippen molar-refractivity contribution in [3.8, 4) is 22.9 Å². The highest BCUT2D eigenvalue weighted by Crippen LogP contribution is 2.32. The maximum absolute atomic E-state index is 13.5. The van der Waals surface area contributed by atoms with Crippen molar-refractivity contribution in [3.63, 3.8) is 0 Å². The number of methoxy groups -OCH3 is 3. The van der Waals surface area contributed by atoms with Crippen molar-refractivity contribution in [2.24, 2.45) is 0 Å². The molecule has 2 heterocycles. The van der Waals surface area contributed by atoms with E-state index >= 15 is 0 Å². The van der Waals surface area contributed by atoms with Crippen LogP contribution in [0, 0.1) is 4.84 Å². The molecule has 0 atom stereocenters. The van der Waals surface area contributed by atoms with Crippen LogP contribution in [0.1, 0.15) is 5.89 Å². The third kappa shape index (κ3) is 4.14. The summed E-state index contributed by atoms with van der Waals surface area (Å²) in [5.74, 6) is 2.34. The Labute approximate surface area is 186 Å². The number of H-pyrrole nitrogens is 1. The number of nitrogens with zero attached hydrogens (tertiary/aromatic N) is 3. The highest BCUT2D eigenvalue weighted by molar-refractivity contribution is 7.98. The van der Waals surface area contributed by atoms with Gasteiger partial charge < -0.3 is 18.6 Å². The Morgan fingerprint density at radius 2 is 1.81 bits per heavy atom. The molecule has 1 N–H and O–H groups in total. The Morgan fingerprint density at radius 1 is 1.10 bits per heavy atom. The molecule has 0 spiro atoms. The van der Waals surface area contributed by atoms with Gasteiger partial charge in [-0.1, -0.05) is 11.8 Å². The zero-order valence-corrected chi connectivity index (χ0v) is 18.5. The number of rotatable bonds is 7. The summed E-state index contributed by atoms with van der Waals surface area (Å²) in [5.41, 5.74) is 0.875. The zero-order chi connectivity index (χ0) is 22.0. The number of thioether (sulfide) groups is 1. The molecule has 0 bridgehead atoms. The molecule has 0 saturated carbocycles. The first-order valence-corrected chi connectivity index (χ1v) is 10.4. The van der Waals surface area contributed by atoms with E-state index in [-0.39, 0.29) is 10.4 Å². The van der Waals surface area contributed by atoms with E-state index < -0.39 is 0 Å². The molecule has 0 aliphatic heterocycles. The van der Waals surface area contributed by atoms with Gasteiger partial charge in [0.15, 0.2) is 16.7 Å². The molecule has 11 heteroatoms. The summed E-state index contributed by atoms with van der Waals surface area (Å²) in [7, 11) is 4.63. The number of fused-ring (bicyclic) bond motifs is 1. The zero-order valence-electron chi connectivity index (χ0n) is 16.9. The van der Waals surface area contributed by atoms with Crippen molar-refractivity contribution in [3.05, 3.63) is 57.5 Å². The van der Waals surface area contributed by atoms with Crippen LogP contribution in [0.4, 0.5) is 0 Å². The van der Waals surface area contributed by atoms with E-state index in [9.17, 15) is 4.79 Å². The fraction of sp³-hybridized carbons (Fsp3) is 0.200. The van der Waals surface area contributed by atoms with Crippen LogP contribution >= 0.6 is 24.0 Å². The topological polar surface area (TPSA) is 104 Å². The van der Waals surface area contributed by atoms with E-state index in [0.29, 0.717) is 50.6 Å². The fourth-order valence-electron chi connectivity index (χ4n) is 3.00. The molecule has 0 fully saturated rings. The van der Waals surface area contributed by atoms with Crippen LogP contribution < -0.4 is 19.8 Å². The van der Waals surface area contributed by atoms with Crippen molar-refractivity contribution < 1.29 is 18.6 Å². The van der Waals surface area contributed by atoms with Crippen molar-refractivity contribution in [2.45, 2.75) is 10.9 Å². The maximum Gasteiger partial charge on any atom is 0.284 e. The van der Waals surface area contributed by atoms with E-state index in [1.165, 1.54) is 30.5 Å². The Morgan fingerprint density at radius 3 is 2.42 bits per heavy atom. The smallest absolute Gasteiger partial charge is 0.284 e. The van der Waals surface area contributed by atoms with Gasteiger partial charge in [-0.3, -0.25) is 9.36 Å². The van der Waals surface area contributed by atoms with Gasteiger partial charge in [0.25, 0.3) is 10.4 Å². The molecule has 0 aliphatic carbocycles. The lowest BCUT2D eigenvalue weighted by molar-refractivity contribution is 0.355. The third-order valence-electron chi connectivity index (χ3n) is 4.48. The number of aromatic amines is 1. The van der Waals surface area contributed by atoms with Crippen LogP contribution in [-0.4, -0.2) is 41.1 Å². The first kappa shape index (κ1) is 20.9. The van der Waals surface area contributed by atoms with Gasteiger partial charge in [-0.05, 0) is 42.5 Å². The van der Waals surface area contributed by atoms with Crippen LogP contribution in [0.2, 0.25) is 0 Å². The van der Waals surface area contributed by atoms with Gasteiger partial charge in [0.2, 0.25) is 5.89 Å². The van der Waals surface area contributed by atoms with Gasteiger partial charge in [-0.25, -0.2) is 10.1 Å². The minimum absolute atomic E-state index is 0.187. The van der Waals surface area contributed by atoms with Crippen molar-refractivity contribution in [2.75, 3.05) is 21.3 Å². The molecule has 4 rings (SSSR count). The highest BCUT2D eigenvalue weighted by Gasteiger charge is 2.17. The number of nitrogens with one attached hydrogen (secondary N) is 1. The largest absolute Gasteiger partial charge is 0.497 e. The van der Waals surface area contributed by atoms with Gasteiger partial charge in [0.1, 0.15) is 5.75 Å². The van der Waals surface area contributed by atoms with E-state index in [1.807, 2.05) is 0 Å². The van der Waals surface area contributed by atoms with E-state index in [0.717, 1.165) is 0 Å². The Bertz CT molecular complexity index is 1340. The molecular formula is C20H18N4O5S2. The molecule has 31 heavy (non-hydrogen) atoms. The second-order valence-electron chi connectivity index (χ2n) is 6.25. The SMILES string of the molecule is COc1ccc(-n2c(SCc3n[nH]c(=S)o3)nc3cc(OC)c(OC)cc3c2=O)cc1. The second-order valence-corrected chi connectivity index (χ2v) is 7.57. The van der Waals surface area contributed by atoms with Gasteiger partial charge in [0, 0.05) is 6.07 Å². The summed E-state index contributed by atoms with van der Waals surface area (Å²) in [5, 5.41) is 7.45. The van der Waals surface area contributed by atoms with E-state index in [1.54, 1.807) is 43.5 Å². The minimum atomic E-state index is -0.249. The average molecular weight is 459 g/mol. The highest BCUT2D eigenvalue weighted by atomic mass is 32.2. The lowest BCUT2D eigenvalue weighted by Crippen LogP contribution is -2.22. The van der Waals surface area contributed by atoms with Crippen LogP contribution in [-0.2, 0) is 5.75 Å². The van der Waals surface area contributed by atoms with Gasteiger partial charge >= 0.3 is 0 Å². The van der Waals surface area contributed by atoms with Crippen molar-refractivity contribution in [1.29, 1.82) is 0 Å². The minimum Gasteiger partial charge on any atom is -0.497 e. The monoisotopic (exact) mass is 458 g/mol. The van der Waals surface area contributed by atoms with Gasteiger partial charge in [0.05, 0.1) is 43.7 Å². The molecule has 0 radical (unpaired) electrons. The normalized spacial score (nSPS) is 10.9. The Balaban J connectivity index is 1.90. The fourth-order valence-corrected chi connectivity index (χ4v) is 4.00. The Hall–Kier alpha value is -3.31. The molecular weight excluding hydrogens is 440 g/mol. The molecule has 160 valence electrons. The number of benzene rings is 2. The maximum atomic E-state index is 13.5. The summed E-state index contributed by atoms with van der Waals surface area (Å²) in [4.78, 5) is 18.4. The molecule has 0 amide bonds. The lowest BCUT2D eigenvalue weighted by Gasteiger charge is -2.15. The van der Waals surface area contributed by atoms with E-state index in [4.69, 9.17) is 35.8 Å². The van der Waals surface area contributed by atoms with Gasteiger partial charge in [-0.2, -0.15) is 0 Å². The lowest BCUT2D eigenvalue weighted by atomic mass is 10.2. The summed E-state index contributed by atoms with van der Waals surface area (Å²) >= 11 is 6.22.